The average Bonchev–Trinajstić information content (AvgIpc) is 3.00. The first-order valence-electron chi connectivity index (χ1n) is 15.5. The maximum absolute atomic E-state index is 12.9. The fourth-order valence-electron chi connectivity index (χ4n) is 5.48. The summed E-state index contributed by atoms with van der Waals surface area (Å²) in [7, 11) is 0. The minimum absolute atomic E-state index is 0.117. The van der Waals surface area contributed by atoms with Crippen LogP contribution < -0.4 is 15.2 Å². The summed E-state index contributed by atoms with van der Waals surface area (Å²) in [5, 5.41) is 2.10. The molecule has 234 valence electrons. The number of carbonyl (C=O) groups is 1. The zero-order chi connectivity index (χ0) is 30.8. The molecule has 4 rings (SSSR count). The van der Waals surface area contributed by atoms with Gasteiger partial charge in [0.1, 0.15) is 5.75 Å². The number of fused-ring (bicyclic) bond motifs is 1. The van der Waals surface area contributed by atoms with E-state index in [0.717, 1.165) is 82.3 Å². The predicted octanol–water partition coefficient (Wildman–Crippen LogP) is 7.79. The summed E-state index contributed by atoms with van der Waals surface area (Å²) >= 11 is 12.6. The van der Waals surface area contributed by atoms with E-state index in [0.29, 0.717) is 27.9 Å². The van der Waals surface area contributed by atoms with Crippen LogP contribution in [0, 0.1) is 5.41 Å². The predicted molar refractivity (Wildman–Crippen MR) is 177 cm³/mol. The largest absolute Gasteiger partial charge is 0.494 e. The van der Waals surface area contributed by atoms with Gasteiger partial charge in [-0.1, -0.05) is 61.9 Å². The summed E-state index contributed by atoms with van der Waals surface area (Å²) in [6.45, 7) is 11.3. The fraction of sp³-hybridized carbons (Fsp3) is 0.529. The number of pyridine rings is 1. The number of hydrogen-bond acceptors (Lipinski definition) is 6. The van der Waals surface area contributed by atoms with Crippen molar-refractivity contribution in [1.82, 2.24) is 9.47 Å². The molecule has 0 bridgehead atoms. The molecule has 1 aliphatic heterocycles. The molecule has 0 atom stereocenters. The topological polar surface area (TPSA) is 64.0 Å². The number of carbonyl (C=O) groups excluding carboxylic acids is 1. The van der Waals surface area contributed by atoms with Gasteiger partial charge in [0.25, 0.3) is 5.56 Å². The summed E-state index contributed by atoms with van der Waals surface area (Å²) in [5.41, 5.74) is 0.892. The molecule has 0 amide bonds. The normalized spacial score (nSPS) is 14.3. The first-order chi connectivity index (χ1) is 20.7. The van der Waals surface area contributed by atoms with Crippen molar-refractivity contribution in [2.45, 2.75) is 72.4 Å². The highest BCUT2D eigenvalue weighted by Crippen LogP contribution is 2.33. The molecule has 3 aromatic rings. The second kappa shape index (κ2) is 15.8. The first kappa shape index (κ1) is 33.2. The van der Waals surface area contributed by atoms with Gasteiger partial charge in [-0.05, 0) is 75.4 Å². The summed E-state index contributed by atoms with van der Waals surface area (Å²) in [6, 6.07) is 14.8. The number of nitrogens with zero attached hydrogens (tertiary/aromatic N) is 3. The molecule has 2 aromatic carbocycles. The van der Waals surface area contributed by atoms with Crippen LogP contribution in [0.5, 0.6) is 5.75 Å². The van der Waals surface area contributed by atoms with Gasteiger partial charge in [-0.3, -0.25) is 19.1 Å². The van der Waals surface area contributed by atoms with E-state index in [1.54, 1.807) is 6.07 Å². The van der Waals surface area contributed by atoms with Crippen LogP contribution in [0.15, 0.2) is 53.3 Å². The second-order valence-corrected chi connectivity index (χ2v) is 12.8. The minimum Gasteiger partial charge on any atom is -0.494 e. The summed E-state index contributed by atoms with van der Waals surface area (Å²) < 4.78 is 13.2. The molecule has 0 spiro atoms. The Kier molecular flexibility index (Phi) is 12.2. The Hall–Kier alpha value is -2.74. The number of ether oxygens (including phenoxy) is 2. The Bertz CT molecular complexity index is 1420. The van der Waals surface area contributed by atoms with Gasteiger partial charge in [0, 0.05) is 38.3 Å². The van der Waals surface area contributed by atoms with Crippen LogP contribution in [0.4, 0.5) is 5.69 Å². The monoisotopic (exact) mass is 629 g/mol. The maximum atomic E-state index is 12.9. The average molecular weight is 631 g/mol. The number of benzene rings is 2. The Morgan fingerprint density at radius 2 is 1.70 bits per heavy atom. The van der Waals surface area contributed by atoms with Gasteiger partial charge in [0.2, 0.25) is 0 Å². The van der Waals surface area contributed by atoms with Gasteiger partial charge < -0.3 is 14.4 Å². The number of aromatic nitrogens is 1. The fourth-order valence-corrected chi connectivity index (χ4v) is 5.90. The van der Waals surface area contributed by atoms with Crippen molar-refractivity contribution < 1.29 is 14.3 Å². The molecule has 0 radical (unpaired) electrons. The summed E-state index contributed by atoms with van der Waals surface area (Å²) in [4.78, 5) is 30.4. The molecule has 2 heterocycles. The number of halogens is 2. The zero-order valence-electron chi connectivity index (χ0n) is 25.7. The SMILES string of the molecule is CCCCCCC(C)(C)C(=O)OCn1c(=O)ccc2ccc(OCCCCN3CCN(c4cccc(Cl)c4Cl)CC3)cc21. The molecule has 1 aromatic heterocycles. The Balaban J connectivity index is 1.24. The second-order valence-electron chi connectivity index (χ2n) is 12.0. The van der Waals surface area contributed by atoms with Crippen molar-refractivity contribution in [2.75, 3.05) is 44.2 Å². The van der Waals surface area contributed by atoms with Crippen molar-refractivity contribution in [3.05, 3.63) is 68.9 Å². The molecule has 0 saturated carbocycles. The van der Waals surface area contributed by atoms with E-state index in [-0.39, 0.29) is 18.3 Å². The van der Waals surface area contributed by atoms with Gasteiger partial charge in [0.05, 0.1) is 33.3 Å². The number of piperazine rings is 1. The van der Waals surface area contributed by atoms with Gasteiger partial charge in [-0.25, -0.2) is 0 Å². The van der Waals surface area contributed by atoms with E-state index in [2.05, 4.69) is 16.7 Å². The van der Waals surface area contributed by atoms with E-state index < -0.39 is 5.41 Å². The summed E-state index contributed by atoms with van der Waals surface area (Å²) in [6.07, 6.45) is 7.13. The molecule has 1 aliphatic rings. The van der Waals surface area contributed by atoms with Crippen molar-refractivity contribution in [3.8, 4) is 5.75 Å². The van der Waals surface area contributed by atoms with Gasteiger partial charge >= 0.3 is 5.97 Å². The van der Waals surface area contributed by atoms with Crippen LogP contribution in [-0.4, -0.2) is 54.8 Å². The lowest BCUT2D eigenvalue weighted by atomic mass is 9.87. The Morgan fingerprint density at radius 3 is 2.47 bits per heavy atom. The lowest BCUT2D eigenvalue weighted by Gasteiger charge is -2.36. The molecule has 7 nitrogen and oxygen atoms in total. The Labute approximate surface area is 265 Å². The first-order valence-corrected chi connectivity index (χ1v) is 16.3. The number of rotatable bonds is 15. The van der Waals surface area contributed by atoms with E-state index in [1.807, 2.05) is 50.2 Å². The highest BCUT2D eigenvalue weighted by molar-refractivity contribution is 6.43. The zero-order valence-corrected chi connectivity index (χ0v) is 27.3. The van der Waals surface area contributed by atoms with Crippen LogP contribution in [-0.2, 0) is 16.3 Å². The van der Waals surface area contributed by atoms with Crippen molar-refractivity contribution in [1.29, 1.82) is 0 Å². The number of hydrogen-bond donors (Lipinski definition) is 0. The van der Waals surface area contributed by atoms with Crippen LogP contribution in [0.1, 0.15) is 65.7 Å². The van der Waals surface area contributed by atoms with Crippen molar-refractivity contribution in [3.63, 3.8) is 0 Å². The van der Waals surface area contributed by atoms with Crippen LogP contribution in [0.25, 0.3) is 10.9 Å². The Morgan fingerprint density at radius 1 is 0.930 bits per heavy atom. The molecule has 0 unspecified atom stereocenters. The smallest absolute Gasteiger partial charge is 0.313 e. The van der Waals surface area contributed by atoms with Crippen LogP contribution >= 0.6 is 23.2 Å². The highest BCUT2D eigenvalue weighted by Gasteiger charge is 2.29. The minimum atomic E-state index is -0.590. The summed E-state index contributed by atoms with van der Waals surface area (Å²) in [5.74, 6) is 0.413. The molecule has 1 saturated heterocycles. The molecular weight excluding hydrogens is 585 g/mol. The maximum Gasteiger partial charge on any atom is 0.313 e. The third-order valence-corrected chi connectivity index (χ3v) is 9.09. The van der Waals surface area contributed by atoms with Crippen molar-refractivity contribution >= 4 is 45.8 Å². The van der Waals surface area contributed by atoms with E-state index in [9.17, 15) is 9.59 Å². The number of esters is 1. The lowest BCUT2D eigenvalue weighted by Crippen LogP contribution is -2.46. The van der Waals surface area contributed by atoms with Gasteiger partial charge in [0.15, 0.2) is 6.73 Å². The van der Waals surface area contributed by atoms with Crippen molar-refractivity contribution in [2.24, 2.45) is 5.41 Å². The molecular formula is C34H45Cl2N3O4. The van der Waals surface area contributed by atoms with E-state index >= 15 is 0 Å². The third-order valence-electron chi connectivity index (χ3n) is 8.28. The molecule has 9 heteroatoms. The third kappa shape index (κ3) is 9.13. The quantitative estimate of drug-likeness (QED) is 0.126. The van der Waals surface area contributed by atoms with E-state index in [4.69, 9.17) is 32.7 Å². The van der Waals surface area contributed by atoms with Gasteiger partial charge in [-0.2, -0.15) is 0 Å². The molecule has 0 aliphatic carbocycles. The molecule has 0 N–H and O–H groups in total. The number of unbranched alkanes of at least 4 members (excludes halogenated alkanes) is 4. The standard InChI is InChI=1S/C34H45Cl2N3O4/c1-4-5-6-7-17-34(2,3)33(41)43-25-39-30-24-27(15-13-26(30)14-16-31(39)40)42-23-9-8-18-37-19-21-38(22-20-37)29-12-10-11-28(35)32(29)36/h10-16,24H,4-9,17-23,25H2,1-3H3. The highest BCUT2D eigenvalue weighted by atomic mass is 35.5. The van der Waals surface area contributed by atoms with Crippen LogP contribution in [0.3, 0.4) is 0 Å². The molecule has 1 fully saturated rings. The van der Waals surface area contributed by atoms with Gasteiger partial charge in [-0.15, -0.1) is 0 Å². The molecule has 43 heavy (non-hydrogen) atoms. The number of anilines is 1. The van der Waals surface area contributed by atoms with E-state index in [1.165, 1.54) is 17.1 Å². The van der Waals surface area contributed by atoms with Crippen LogP contribution in [0.2, 0.25) is 10.0 Å². The lowest BCUT2D eigenvalue weighted by molar-refractivity contribution is -0.158.